The monoisotopic (exact) mass is 523 g/mol. The van der Waals surface area contributed by atoms with Crippen LogP contribution >= 0.6 is 23.1 Å². The Morgan fingerprint density at radius 3 is 2.83 bits per heavy atom. The molecule has 0 saturated heterocycles. The van der Waals surface area contributed by atoms with Crippen molar-refractivity contribution in [2.75, 3.05) is 12.4 Å². The summed E-state index contributed by atoms with van der Waals surface area (Å²) in [4.78, 5) is 42.7. The molecule has 0 aliphatic carbocycles. The summed E-state index contributed by atoms with van der Waals surface area (Å²) in [6.07, 6.45) is 0. The minimum absolute atomic E-state index is 0.0264. The average molecular weight is 524 g/mol. The lowest BCUT2D eigenvalue weighted by molar-refractivity contribution is -0.123. The summed E-state index contributed by atoms with van der Waals surface area (Å²) in [6, 6.07) is 9.59. The maximum absolute atomic E-state index is 14.1. The van der Waals surface area contributed by atoms with Gasteiger partial charge in [0.2, 0.25) is 11.7 Å². The molecule has 2 aromatic carbocycles. The number of benzene rings is 2. The molecule has 0 saturated carbocycles. The van der Waals surface area contributed by atoms with Crippen LogP contribution in [0.25, 0.3) is 10.1 Å². The van der Waals surface area contributed by atoms with Crippen molar-refractivity contribution in [3.63, 3.8) is 0 Å². The van der Waals surface area contributed by atoms with Gasteiger partial charge >= 0.3 is 0 Å². The molecule has 0 fully saturated rings. The Labute approximate surface area is 211 Å². The number of nitriles is 1. The Bertz CT molecular complexity index is 1620. The van der Waals surface area contributed by atoms with E-state index in [1.54, 1.807) is 18.2 Å². The zero-order chi connectivity index (χ0) is 25.6. The number of imidazole rings is 1. The normalized spacial score (nSPS) is 14.6. The number of carbonyl (C=O) groups excluding carboxylic acids is 3. The van der Waals surface area contributed by atoms with E-state index >= 15 is 0 Å². The van der Waals surface area contributed by atoms with E-state index in [9.17, 15) is 24.0 Å². The van der Waals surface area contributed by atoms with Crippen molar-refractivity contribution in [2.24, 2.45) is 0 Å². The van der Waals surface area contributed by atoms with Gasteiger partial charge in [0, 0.05) is 23.0 Å². The standard InChI is InChI=1S/C23H15ClFN7O3S/c1-27-23(35)21-29-20(30-22(34)18-13-6-10(8-26)2-5-15(13)36-31-18)19-17(28-16(33)9-32(19)21)12-7-11(25)3-4-14(12)24/h2-7,17H,9H2,1H3,(H,27,35)(H,28,33)(H,30,34). The van der Waals surface area contributed by atoms with E-state index in [2.05, 4.69) is 25.3 Å². The van der Waals surface area contributed by atoms with E-state index in [4.69, 9.17) is 11.6 Å². The molecule has 13 heteroatoms. The molecule has 1 aliphatic rings. The molecule has 0 radical (unpaired) electrons. The summed E-state index contributed by atoms with van der Waals surface area (Å²) in [6.45, 7) is -0.254. The van der Waals surface area contributed by atoms with Gasteiger partial charge in [-0.2, -0.15) is 9.64 Å². The van der Waals surface area contributed by atoms with Gasteiger partial charge in [-0.25, -0.2) is 9.37 Å². The van der Waals surface area contributed by atoms with Crippen molar-refractivity contribution in [2.45, 2.75) is 12.6 Å². The van der Waals surface area contributed by atoms with Gasteiger partial charge in [-0.05, 0) is 47.9 Å². The highest BCUT2D eigenvalue weighted by Gasteiger charge is 2.36. The molecular weight excluding hydrogens is 509 g/mol. The molecule has 3 heterocycles. The van der Waals surface area contributed by atoms with Gasteiger partial charge in [0.25, 0.3) is 11.8 Å². The van der Waals surface area contributed by atoms with E-state index in [1.165, 1.54) is 29.8 Å². The molecule has 4 aromatic rings. The van der Waals surface area contributed by atoms with Crippen molar-refractivity contribution >= 4 is 56.8 Å². The minimum atomic E-state index is -1.01. The molecule has 10 nitrogen and oxygen atoms in total. The Morgan fingerprint density at radius 2 is 2.08 bits per heavy atom. The van der Waals surface area contributed by atoms with Crippen LogP contribution in [0.3, 0.4) is 0 Å². The van der Waals surface area contributed by atoms with E-state index in [0.29, 0.717) is 15.6 Å². The van der Waals surface area contributed by atoms with Crippen LogP contribution in [0.5, 0.6) is 0 Å². The van der Waals surface area contributed by atoms with E-state index < -0.39 is 29.6 Å². The molecule has 1 atom stereocenters. The van der Waals surface area contributed by atoms with E-state index in [1.807, 2.05) is 6.07 Å². The maximum atomic E-state index is 14.1. The number of amides is 3. The van der Waals surface area contributed by atoms with Crippen LogP contribution < -0.4 is 16.0 Å². The molecule has 1 unspecified atom stereocenters. The highest BCUT2D eigenvalue weighted by molar-refractivity contribution is 7.13. The minimum Gasteiger partial charge on any atom is -0.352 e. The molecule has 36 heavy (non-hydrogen) atoms. The topological polar surface area (TPSA) is 142 Å². The van der Waals surface area contributed by atoms with Crippen LogP contribution in [0.2, 0.25) is 5.02 Å². The summed E-state index contributed by atoms with van der Waals surface area (Å²) in [5, 5.41) is 17.7. The fourth-order valence-corrected chi connectivity index (χ4v) is 4.99. The van der Waals surface area contributed by atoms with Crippen molar-refractivity contribution in [3.8, 4) is 6.07 Å². The molecule has 0 spiro atoms. The fourth-order valence-electron chi connectivity index (χ4n) is 4.01. The summed E-state index contributed by atoms with van der Waals surface area (Å²) in [7, 11) is 1.40. The number of nitrogens with one attached hydrogen (secondary N) is 3. The number of anilines is 1. The number of nitrogens with zero attached hydrogens (tertiary/aromatic N) is 4. The smallest absolute Gasteiger partial charge is 0.287 e. The molecule has 0 bridgehead atoms. The highest BCUT2D eigenvalue weighted by atomic mass is 35.5. The zero-order valence-electron chi connectivity index (χ0n) is 18.4. The molecule has 2 aromatic heterocycles. The summed E-state index contributed by atoms with van der Waals surface area (Å²) >= 11 is 7.41. The lowest BCUT2D eigenvalue weighted by atomic mass is 10.0. The number of fused-ring (bicyclic) bond motifs is 2. The first-order valence-corrected chi connectivity index (χ1v) is 11.6. The van der Waals surface area contributed by atoms with Gasteiger partial charge in [0.15, 0.2) is 5.82 Å². The number of carbonyl (C=O) groups is 3. The Balaban J connectivity index is 1.64. The van der Waals surface area contributed by atoms with Crippen LogP contribution in [-0.4, -0.2) is 38.7 Å². The largest absolute Gasteiger partial charge is 0.352 e. The lowest BCUT2D eigenvalue weighted by Crippen LogP contribution is -2.41. The number of hydrogen-bond acceptors (Lipinski definition) is 7. The SMILES string of the molecule is CNC(=O)c1nc(NC(=O)c2nsc3ccc(C#N)cc23)c2n1CC(=O)NC2c1cc(F)ccc1Cl. The van der Waals surface area contributed by atoms with Gasteiger partial charge in [0.1, 0.15) is 18.1 Å². The Hall–Kier alpha value is -4.34. The van der Waals surface area contributed by atoms with Gasteiger partial charge in [-0.15, -0.1) is 0 Å². The van der Waals surface area contributed by atoms with Crippen LogP contribution in [0.1, 0.15) is 44.0 Å². The molecular formula is C23H15ClFN7O3S. The predicted molar refractivity (Wildman–Crippen MR) is 129 cm³/mol. The second-order valence-corrected chi connectivity index (χ2v) is 9.02. The molecule has 180 valence electrons. The number of hydrogen-bond donors (Lipinski definition) is 3. The van der Waals surface area contributed by atoms with Crippen molar-refractivity contribution in [3.05, 3.63) is 75.6 Å². The maximum Gasteiger partial charge on any atom is 0.287 e. The van der Waals surface area contributed by atoms with E-state index in [-0.39, 0.29) is 40.2 Å². The van der Waals surface area contributed by atoms with Gasteiger partial charge in [-0.3, -0.25) is 14.4 Å². The Kier molecular flexibility index (Phi) is 5.87. The van der Waals surface area contributed by atoms with Crippen LogP contribution in [0, 0.1) is 17.1 Å². The number of aromatic nitrogens is 3. The van der Waals surface area contributed by atoms with Gasteiger partial charge < -0.3 is 20.5 Å². The van der Waals surface area contributed by atoms with Crippen molar-refractivity contribution in [1.29, 1.82) is 5.26 Å². The number of halogens is 2. The lowest BCUT2D eigenvalue weighted by Gasteiger charge is -2.28. The zero-order valence-corrected chi connectivity index (χ0v) is 20.0. The van der Waals surface area contributed by atoms with Crippen molar-refractivity contribution in [1.82, 2.24) is 24.6 Å². The summed E-state index contributed by atoms with van der Waals surface area (Å²) < 4.78 is 20.4. The fraction of sp³-hybridized carbons (Fsp3) is 0.130. The predicted octanol–water partition coefficient (Wildman–Crippen LogP) is 2.99. The average Bonchev–Trinajstić information content (AvgIpc) is 3.45. The summed E-state index contributed by atoms with van der Waals surface area (Å²) in [5.41, 5.74) is 0.894. The quantitative estimate of drug-likeness (QED) is 0.375. The summed E-state index contributed by atoms with van der Waals surface area (Å²) in [5.74, 6) is -2.41. The van der Waals surface area contributed by atoms with Crippen LogP contribution in [0.4, 0.5) is 10.2 Å². The first-order chi connectivity index (χ1) is 17.3. The van der Waals surface area contributed by atoms with Crippen LogP contribution in [0.15, 0.2) is 36.4 Å². The third-order valence-corrected chi connectivity index (χ3v) is 6.80. The van der Waals surface area contributed by atoms with Crippen molar-refractivity contribution < 1.29 is 18.8 Å². The highest BCUT2D eigenvalue weighted by Crippen LogP contribution is 2.36. The Morgan fingerprint density at radius 1 is 1.28 bits per heavy atom. The molecule has 3 N–H and O–H groups in total. The first kappa shape index (κ1) is 23.4. The van der Waals surface area contributed by atoms with Crippen LogP contribution in [-0.2, 0) is 11.3 Å². The molecule has 5 rings (SSSR count). The first-order valence-electron chi connectivity index (χ1n) is 10.5. The third-order valence-electron chi connectivity index (χ3n) is 5.63. The third kappa shape index (κ3) is 3.94. The van der Waals surface area contributed by atoms with Gasteiger partial charge in [0.05, 0.1) is 28.1 Å². The van der Waals surface area contributed by atoms with Gasteiger partial charge in [-0.1, -0.05) is 11.6 Å². The second kappa shape index (κ2) is 9.03. The molecule has 3 amide bonds. The second-order valence-electron chi connectivity index (χ2n) is 7.81. The van der Waals surface area contributed by atoms with E-state index in [0.717, 1.165) is 11.5 Å². The molecule has 1 aliphatic heterocycles. The number of rotatable bonds is 4.